The van der Waals surface area contributed by atoms with Gasteiger partial charge in [0.2, 0.25) is 15.9 Å². The number of amides is 2. The molecule has 0 radical (unpaired) electrons. The fraction of sp³-hybridized carbons (Fsp3) is 0.364. The molecule has 0 aromatic heterocycles. The van der Waals surface area contributed by atoms with Crippen LogP contribution in [0.15, 0.2) is 47.4 Å². The number of carbonyl (C=O) groups excluding carboxylic acids is 2. The number of hydrogen-bond acceptors (Lipinski definition) is 5. The molecule has 2 aromatic rings. The summed E-state index contributed by atoms with van der Waals surface area (Å²) < 4.78 is 32.8. The first-order valence-corrected chi connectivity index (χ1v) is 11.5. The Labute approximate surface area is 182 Å². The number of sulfonamides is 1. The standard InChI is InChI=1S/C22H27N3O5S/c1-16-5-4-6-21(17(16)2)30-15-22(27)24-11-13-25(14-12-24)31(28,29)20-9-7-19(8-10-20)23-18(3)26/h4-10H,11-15H2,1-3H3,(H,23,26). The third-order valence-electron chi connectivity index (χ3n) is 5.31. The van der Waals surface area contributed by atoms with Crippen LogP contribution in [0.1, 0.15) is 18.1 Å². The van der Waals surface area contributed by atoms with Gasteiger partial charge in [0.15, 0.2) is 6.61 Å². The molecule has 0 aliphatic carbocycles. The highest BCUT2D eigenvalue weighted by atomic mass is 32.2. The summed E-state index contributed by atoms with van der Waals surface area (Å²) >= 11 is 0. The van der Waals surface area contributed by atoms with Crippen LogP contribution in [0.2, 0.25) is 0 Å². The second-order valence-corrected chi connectivity index (χ2v) is 9.42. The first kappa shape index (κ1) is 22.8. The van der Waals surface area contributed by atoms with Crippen molar-refractivity contribution in [2.75, 3.05) is 38.1 Å². The summed E-state index contributed by atoms with van der Waals surface area (Å²) in [6.07, 6.45) is 0. The fourth-order valence-electron chi connectivity index (χ4n) is 3.35. The molecule has 0 unspecified atom stereocenters. The zero-order valence-electron chi connectivity index (χ0n) is 17.9. The van der Waals surface area contributed by atoms with Crippen LogP contribution >= 0.6 is 0 Å². The quantitative estimate of drug-likeness (QED) is 0.735. The normalized spacial score (nSPS) is 14.9. The molecule has 31 heavy (non-hydrogen) atoms. The molecule has 0 saturated carbocycles. The van der Waals surface area contributed by atoms with E-state index in [-0.39, 0.29) is 36.4 Å². The monoisotopic (exact) mass is 445 g/mol. The molecule has 3 rings (SSSR count). The van der Waals surface area contributed by atoms with Crippen molar-refractivity contribution >= 4 is 27.5 Å². The molecule has 166 valence electrons. The number of nitrogens with zero attached hydrogens (tertiary/aromatic N) is 2. The number of anilines is 1. The SMILES string of the molecule is CC(=O)Nc1ccc(S(=O)(=O)N2CCN(C(=O)COc3cccc(C)c3C)CC2)cc1. The number of piperazine rings is 1. The first-order valence-electron chi connectivity index (χ1n) is 10.0. The van der Waals surface area contributed by atoms with E-state index in [9.17, 15) is 18.0 Å². The molecule has 1 fully saturated rings. The van der Waals surface area contributed by atoms with Gasteiger partial charge >= 0.3 is 0 Å². The van der Waals surface area contributed by atoms with E-state index in [2.05, 4.69) is 5.32 Å². The Morgan fingerprint density at radius 3 is 2.26 bits per heavy atom. The average Bonchev–Trinajstić information content (AvgIpc) is 2.74. The lowest BCUT2D eigenvalue weighted by Crippen LogP contribution is -2.51. The van der Waals surface area contributed by atoms with Crippen LogP contribution in [0.25, 0.3) is 0 Å². The lowest BCUT2D eigenvalue weighted by molar-refractivity contribution is -0.134. The Kier molecular flexibility index (Phi) is 6.97. The van der Waals surface area contributed by atoms with Crippen molar-refractivity contribution in [3.63, 3.8) is 0 Å². The lowest BCUT2D eigenvalue weighted by Gasteiger charge is -2.34. The first-order chi connectivity index (χ1) is 14.7. The number of benzene rings is 2. The topological polar surface area (TPSA) is 96.0 Å². The predicted octanol–water partition coefficient (Wildman–Crippen LogP) is 2.17. The fourth-order valence-corrected chi connectivity index (χ4v) is 4.77. The van der Waals surface area contributed by atoms with Crippen molar-refractivity contribution in [2.24, 2.45) is 0 Å². The summed E-state index contributed by atoms with van der Waals surface area (Å²) in [5.74, 6) is 0.285. The molecule has 1 saturated heterocycles. The Morgan fingerprint density at radius 2 is 1.65 bits per heavy atom. The molecule has 0 atom stereocenters. The molecule has 1 aliphatic heterocycles. The van der Waals surface area contributed by atoms with Gasteiger partial charge in [-0.25, -0.2) is 8.42 Å². The summed E-state index contributed by atoms with van der Waals surface area (Å²) in [4.78, 5) is 25.4. The lowest BCUT2D eigenvalue weighted by atomic mass is 10.1. The summed E-state index contributed by atoms with van der Waals surface area (Å²) in [5.41, 5.74) is 2.62. The number of rotatable bonds is 6. The molecule has 2 aromatic carbocycles. The van der Waals surface area contributed by atoms with Gasteiger partial charge in [0, 0.05) is 38.8 Å². The number of aryl methyl sites for hydroxylation is 1. The van der Waals surface area contributed by atoms with Crippen LogP contribution in [0.4, 0.5) is 5.69 Å². The zero-order valence-corrected chi connectivity index (χ0v) is 18.7. The number of ether oxygens (including phenoxy) is 1. The molecule has 1 N–H and O–H groups in total. The van der Waals surface area contributed by atoms with Gasteiger partial charge in [-0.15, -0.1) is 0 Å². The van der Waals surface area contributed by atoms with Crippen molar-refractivity contribution in [3.05, 3.63) is 53.6 Å². The van der Waals surface area contributed by atoms with Crippen LogP contribution in [0.5, 0.6) is 5.75 Å². The Morgan fingerprint density at radius 1 is 1.00 bits per heavy atom. The summed E-state index contributed by atoms with van der Waals surface area (Å²) in [6, 6.07) is 11.7. The maximum Gasteiger partial charge on any atom is 0.260 e. The second kappa shape index (κ2) is 9.49. The number of nitrogens with one attached hydrogen (secondary N) is 1. The van der Waals surface area contributed by atoms with Gasteiger partial charge in [0.1, 0.15) is 5.75 Å². The van der Waals surface area contributed by atoms with Gasteiger partial charge in [-0.3, -0.25) is 9.59 Å². The minimum Gasteiger partial charge on any atom is -0.483 e. The van der Waals surface area contributed by atoms with Gasteiger partial charge in [-0.1, -0.05) is 12.1 Å². The van der Waals surface area contributed by atoms with Crippen molar-refractivity contribution in [3.8, 4) is 5.75 Å². The van der Waals surface area contributed by atoms with E-state index in [0.717, 1.165) is 11.1 Å². The van der Waals surface area contributed by atoms with E-state index in [1.165, 1.54) is 23.4 Å². The minimum absolute atomic E-state index is 0.0817. The Balaban J connectivity index is 1.56. The number of hydrogen-bond donors (Lipinski definition) is 1. The van der Waals surface area contributed by atoms with Gasteiger partial charge in [0.05, 0.1) is 4.90 Å². The maximum atomic E-state index is 12.9. The molecule has 0 bridgehead atoms. The highest BCUT2D eigenvalue weighted by Gasteiger charge is 2.30. The highest BCUT2D eigenvalue weighted by molar-refractivity contribution is 7.89. The van der Waals surface area contributed by atoms with Crippen LogP contribution in [0.3, 0.4) is 0 Å². The highest BCUT2D eigenvalue weighted by Crippen LogP contribution is 2.22. The van der Waals surface area contributed by atoms with E-state index in [4.69, 9.17) is 4.74 Å². The predicted molar refractivity (Wildman–Crippen MR) is 117 cm³/mol. The summed E-state index contributed by atoms with van der Waals surface area (Å²) in [6.45, 7) is 6.27. The third-order valence-corrected chi connectivity index (χ3v) is 7.22. The van der Waals surface area contributed by atoms with E-state index in [0.29, 0.717) is 24.5 Å². The summed E-state index contributed by atoms with van der Waals surface area (Å²) in [7, 11) is -3.67. The van der Waals surface area contributed by atoms with Crippen molar-refractivity contribution in [1.29, 1.82) is 0 Å². The third kappa shape index (κ3) is 5.42. The van der Waals surface area contributed by atoms with E-state index >= 15 is 0 Å². The van der Waals surface area contributed by atoms with Crippen molar-refractivity contribution in [2.45, 2.75) is 25.7 Å². The average molecular weight is 446 g/mol. The molecular weight excluding hydrogens is 418 g/mol. The Hall–Kier alpha value is -2.91. The van der Waals surface area contributed by atoms with Gasteiger partial charge in [-0.05, 0) is 55.3 Å². The van der Waals surface area contributed by atoms with Gasteiger partial charge in [-0.2, -0.15) is 4.31 Å². The van der Waals surface area contributed by atoms with Gasteiger partial charge in [0.25, 0.3) is 5.91 Å². The van der Waals surface area contributed by atoms with Crippen molar-refractivity contribution in [1.82, 2.24) is 9.21 Å². The minimum atomic E-state index is -3.67. The summed E-state index contributed by atoms with van der Waals surface area (Å²) in [5, 5.41) is 2.61. The van der Waals surface area contributed by atoms with Gasteiger partial charge < -0.3 is 15.0 Å². The van der Waals surface area contributed by atoms with Crippen molar-refractivity contribution < 1.29 is 22.7 Å². The molecule has 2 amide bonds. The molecule has 0 spiro atoms. The molecular formula is C22H27N3O5S. The Bertz CT molecular complexity index is 1060. The largest absolute Gasteiger partial charge is 0.483 e. The van der Waals surface area contributed by atoms with E-state index in [1.807, 2.05) is 32.0 Å². The molecule has 9 heteroatoms. The molecule has 8 nitrogen and oxygen atoms in total. The van der Waals surface area contributed by atoms with Crippen LogP contribution in [-0.2, 0) is 19.6 Å². The molecule has 1 heterocycles. The van der Waals surface area contributed by atoms with Crippen LogP contribution in [-0.4, -0.2) is 62.2 Å². The molecule has 1 aliphatic rings. The maximum absolute atomic E-state index is 12.9. The number of carbonyl (C=O) groups is 2. The smallest absolute Gasteiger partial charge is 0.260 e. The van der Waals surface area contributed by atoms with E-state index in [1.54, 1.807) is 17.0 Å². The zero-order chi connectivity index (χ0) is 22.6. The second-order valence-electron chi connectivity index (χ2n) is 7.48. The van der Waals surface area contributed by atoms with E-state index < -0.39 is 10.0 Å². The van der Waals surface area contributed by atoms with Crippen LogP contribution in [0, 0.1) is 13.8 Å². The van der Waals surface area contributed by atoms with Crippen LogP contribution < -0.4 is 10.1 Å².